The monoisotopic (exact) mass is 516 g/mol. The Labute approximate surface area is 219 Å². The van der Waals surface area contributed by atoms with Gasteiger partial charge in [0.05, 0.1) is 23.8 Å². The molecule has 2 N–H and O–H groups in total. The Morgan fingerprint density at radius 3 is 2.57 bits per heavy atom. The lowest BCUT2D eigenvalue weighted by molar-refractivity contribution is -0.121. The van der Waals surface area contributed by atoms with Gasteiger partial charge in [0, 0.05) is 31.3 Å². The summed E-state index contributed by atoms with van der Waals surface area (Å²) in [7, 11) is 1.56. The molecule has 0 aliphatic rings. The van der Waals surface area contributed by atoms with Crippen LogP contribution in [0.5, 0.6) is 5.75 Å². The van der Waals surface area contributed by atoms with E-state index in [4.69, 9.17) is 4.74 Å². The number of hydrogen-bond acceptors (Lipinski definition) is 6. The number of rotatable bonds is 11. The van der Waals surface area contributed by atoms with Crippen molar-refractivity contribution in [3.8, 4) is 5.75 Å². The molecule has 190 valence electrons. The minimum Gasteiger partial charge on any atom is -0.497 e. The highest BCUT2D eigenvalue weighted by Gasteiger charge is 2.15. The molecule has 1 heterocycles. The van der Waals surface area contributed by atoms with Gasteiger partial charge in [-0.2, -0.15) is 0 Å². The molecule has 37 heavy (non-hydrogen) atoms. The Morgan fingerprint density at radius 2 is 1.76 bits per heavy atom. The van der Waals surface area contributed by atoms with Crippen LogP contribution in [-0.4, -0.2) is 40.8 Å². The molecule has 0 saturated heterocycles. The summed E-state index contributed by atoms with van der Waals surface area (Å²) in [6, 6.07) is 24.0. The minimum atomic E-state index is -0.245. The van der Waals surface area contributed by atoms with Crippen molar-refractivity contribution in [2.24, 2.45) is 0 Å². The summed E-state index contributed by atoms with van der Waals surface area (Å²) in [4.78, 5) is 42.9. The van der Waals surface area contributed by atoms with Gasteiger partial charge in [0.25, 0.3) is 5.56 Å². The number of nitrogens with zero attached hydrogens (tertiary/aromatic N) is 2. The molecular formula is C28H28N4O4S. The number of thioether (sulfide) groups is 1. The Bertz CT molecular complexity index is 1440. The Kier molecular flexibility index (Phi) is 8.93. The standard InChI is InChI=1S/C28H28N4O4S/c1-36-22-11-7-10-21(18-22)30-26(34)19-37-28-31-24-13-6-5-12-23(24)27(35)32(28)17-15-25(33)29-16-14-20-8-3-2-4-9-20/h2-13,18H,14-17,19H2,1H3,(H,29,33)(H,30,34). The molecule has 8 nitrogen and oxygen atoms in total. The van der Waals surface area contributed by atoms with E-state index in [9.17, 15) is 14.4 Å². The molecule has 4 aromatic rings. The summed E-state index contributed by atoms with van der Waals surface area (Å²) in [5, 5.41) is 6.59. The predicted octanol–water partition coefficient (Wildman–Crippen LogP) is 3.88. The van der Waals surface area contributed by atoms with Gasteiger partial charge in [-0.15, -0.1) is 0 Å². The van der Waals surface area contributed by atoms with E-state index in [0.717, 1.165) is 23.7 Å². The average Bonchev–Trinajstić information content (AvgIpc) is 2.92. The predicted molar refractivity (Wildman–Crippen MR) is 146 cm³/mol. The summed E-state index contributed by atoms with van der Waals surface area (Å²) in [5.41, 5.74) is 2.06. The zero-order valence-electron chi connectivity index (χ0n) is 20.5. The van der Waals surface area contributed by atoms with Crippen molar-refractivity contribution in [3.63, 3.8) is 0 Å². The smallest absolute Gasteiger partial charge is 0.262 e. The van der Waals surface area contributed by atoms with Gasteiger partial charge in [0.15, 0.2) is 5.16 Å². The largest absolute Gasteiger partial charge is 0.497 e. The number of fused-ring (bicyclic) bond motifs is 1. The molecule has 0 saturated carbocycles. The molecule has 2 amide bonds. The highest BCUT2D eigenvalue weighted by Crippen LogP contribution is 2.20. The van der Waals surface area contributed by atoms with Crippen molar-refractivity contribution in [1.82, 2.24) is 14.9 Å². The minimum absolute atomic E-state index is 0.0469. The molecule has 3 aromatic carbocycles. The lowest BCUT2D eigenvalue weighted by atomic mass is 10.1. The second kappa shape index (κ2) is 12.7. The van der Waals surface area contributed by atoms with E-state index in [0.29, 0.717) is 34.0 Å². The van der Waals surface area contributed by atoms with E-state index in [-0.39, 0.29) is 36.1 Å². The molecule has 0 fully saturated rings. The molecule has 0 bridgehead atoms. The summed E-state index contributed by atoms with van der Waals surface area (Å²) in [6.07, 6.45) is 0.853. The molecule has 0 aliphatic heterocycles. The number of ether oxygens (including phenoxy) is 1. The van der Waals surface area contributed by atoms with Gasteiger partial charge >= 0.3 is 0 Å². The van der Waals surface area contributed by atoms with Gasteiger partial charge in [0.1, 0.15) is 5.75 Å². The molecule has 4 rings (SSSR count). The fourth-order valence-electron chi connectivity index (χ4n) is 3.78. The number of anilines is 1. The molecular weight excluding hydrogens is 488 g/mol. The number of carbonyl (C=O) groups is 2. The second-order valence-corrected chi connectivity index (χ2v) is 9.22. The van der Waals surface area contributed by atoms with E-state index in [1.807, 2.05) is 36.4 Å². The number of hydrogen-bond donors (Lipinski definition) is 2. The topological polar surface area (TPSA) is 102 Å². The van der Waals surface area contributed by atoms with Gasteiger partial charge in [-0.25, -0.2) is 4.98 Å². The van der Waals surface area contributed by atoms with Gasteiger partial charge in [0.2, 0.25) is 11.8 Å². The third-order valence-corrected chi connectivity index (χ3v) is 6.63. The maximum Gasteiger partial charge on any atom is 0.262 e. The van der Waals surface area contributed by atoms with Crippen LogP contribution < -0.4 is 20.9 Å². The maximum atomic E-state index is 13.2. The number of aromatic nitrogens is 2. The van der Waals surface area contributed by atoms with E-state index >= 15 is 0 Å². The van der Waals surface area contributed by atoms with Crippen LogP contribution in [0.4, 0.5) is 5.69 Å². The van der Waals surface area contributed by atoms with Gasteiger partial charge in [-0.1, -0.05) is 60.3 Å². The third kappa shape index (κ3) is 7.20. The summed E-state index contributed by atoms with van der Waals surface area (Å²) in [6.45, 7) is 0.674. The Morgan fingerprint density at radius 1 is 0.973 bits per heavy atom. The molecule has 1 aromatic heterocycles. The van der Waals surface area contributed by atoms with E-state index in [2.05, 4.69) is 15.6 Å². The van der Waals surface area contributed by atoms with Gasteiger partial charge in [-0.05, 0) is 36.2 Å². The van der Waals surface area contributed by atoms with Crippen molar-refractivity contribution in [2.75, 3.05) is 24.7 Å². The fraction of sp³-hybridized carbons (Fsp3) is 0.214. The van der Waals surface area contributed by atoms with Crippen LogP contribution in [-0.2, 0) is 22.6 Å². The molecule has 0 atom stereocenters. The zero-order chi connectivity index (χ0) is 26.0. The third-order valence-electron chi connectivity index (χ3n) is 5.65. The first-order valence-corrected chi connectivity index (χ1v) is 12.9. The zero-order valence-corrected chi connectivity index (χ0v) is 21.3. The first-order chi connectivity index (χ1) is 18.0. The first kappa shape index (κ1) is 26.0. The number of methoxy groups -OCH3 is 1. The number of para-hydroxylation sites is 1. The van der Waals surface area contributed by atoms with Crippen molar-refractivity contribution in [2.45, 2.75) is 24.5 Å². The highest BCUT2D eigenvalue weighted by atomic mass is 32.2. The normalized spacial score (nSPS) is 10.7. The van der Waals surface area contributed by atoms with Gasteiger partial charge < -0.3 is 15.4 Å². The van der Waals surface area contributed by atoms with Crippen LogP contribution in [0, 0.1) is 0 Å². The van der Waals surface area contributed by atoms with E-state index in [1.165, 1.54) is 4.57 Å². The first-order valence-electron chi connectivity index (χ1n) is 11.9. The van der Waals surface area contributed by atoms with Crippen LogP contribution in [0.3, 0.4) is 0 Å². The molecule has 0 radical (unpaired) electrons. The van der Waals surface area contributed by atoms with Gasteiger partial charge in [-0.3, -0.25) is 19.0 Å². The number of carbonyl (C=O) groups excluding carboxylic acids is 2. The fourth-order valence-corrected chi connectivity index (χ4v) is 4.60. The van der Waals surface area contributed by atoms with E-state index < -0.39 is 0 Å². The van der Waals surface area contributed by atoms with E-state index in [1.54, 1.807) is 49.6 Å². The average molecular weight is 517 g/mol. The highest BCUT2D eigenvalue weighted by molar-refractivity contribution is 7.99. The molecule has 0 aliphatic carbocycles. The van der Waals surface area contributed by atoms with Crippen molar-refractivity contribution in [1.29, 1.82) is 0 Å². The maximum absolute atomic E-state index is 13.2. The SMILES string of the molecule is COc1cccc(NC(=O)CSc2nc3ccccc3c(=O)n2CCC(=O)NCCc2ccccc2)c1. The summed E-state index contributed by atoms with van der Waals surface area (Å²) < 4.78 is 6.67. The van der Waals surface area contributed by atoms with Crippen LogP contribution in [0.2, 0.25) is 0 Å². The number of amides is 2. The summed E-state index contributed by atoms with van der Waals surface area (Å²) in [5.74, 6) is 0.289. The molecule has 0 unspecified atom stereocenters. The molecule has 9 heteroatoms. The Hall–Kier alpha value is -4.11. The second-order valence-electron chi connectivity index (χ2n) is 8.27. The summed E-state index contributed by atoms with van der Waals surface area (Å²) >= 11 is 1.16. The quantitative estimate of drug-likeness (QED) is 0.232. The van der Waals surface area contributed by atoms with Crippen LogP contribution in [0.15, 0.2) is 88.8 Å². The number of benzene rings is 3. The van der Waals surface area contributed by atoms with Crippen molar-refractivity contribution < 1.29 is 14.3 Å². The lowest BCUT2D eigenvalue weighted by Gasteiger charge is -2.13. The van der Waals surface area contributed by atoms with Crippen molar-refractivity contribution in [3.05, 3.63) is 94.8 Å². The van der Waals surface area contributed by atoms with Crippen LogP contribution >= 0.6 is 11.8 Å². The Balaban J connectivity index is 1.42. The molecule has 0 spiro atoms. The van der Waals surface area contributed by atoms with Crippen molar-refractivity contribution >= 4 is 40.2 Å². The van der Waals surface area contributed by atoms with Crippen LogP contribution in [0.1, 0.15) is 12.0 Å². The lowest BCUT2D eigenvalue weighted by Crippen LogP contribution is -2.30. The number of nitrogens with one attached hydrogen (secondary N) is 2. The van der Waals surface area contributed by atoms with Crippen LogP contribution in [0.25, 0.3) is 10.9 Å².